The molecule has 5 nitrogen and oxygen atoms in total. The van der Waals surface area contributed by atoms with Gasteiger partial charge < -0.3 is 5.32 Å². The highest BCUT2D eigenvalue weighted by atomic mass is 32.2. The number of aryl methyl sites for hydroxylation is 1. The second-order valence-electron chi connectivity index (χ2n) is 10.5. The van der Waals surface area contributed by atoms with E-state index in [1.54, 1.807) is 24.3 Å². The molecule has 4 aliphatic carbocycles. The Balaban J connectivity index is 1.25. The first kappa shape index (κ1) is 20.3. The maximum absolute atomic E-state index is 13.4. The summed E-state index contributed by atoms with van der Waals surface area (Å²) in [5.74, 6) is 2.37. The molecule has 4 fully saturated rings. The molecule has 32 heavy (non-hydrogen) atoms. The average molecular weight is 451 g/mol. The lowest BCUT2D eigenvalue weighted by Crippen LogP contribution is -2.51. The Morgan fingerprint density at radius 3 is 2.25 bits per heavy atom. The maximum atomic E-state index is 13.4. The molecular weight excluding hydrogens is 420 g/mol. The second kappa shape index (κ2) is 7.34. The van der Waals surface area contributed by atoms with E-state index in [1.807, 2.05) is 24.3 Å². The van der Waals surface area contributed by atoms with Crippen molar-refractivity contribution in [1.82, 2.24) is 0 Å². The van der Waals surface area contributed by atoms with Crippen LogP contribution in [0.25, 0.3) is 0 Å². The third-order valence-corrected chi connectivity index (χ3v) is 10.1. The third-order valence-electron chi connectivity index (χ3n) is 8.26. The number of sulfonamides is 1. The average Bonchev–Trinajstić information content (AvgIpc) is 2.78. The van der Waals surface area contributed by atoms with Gasteiger partial charge in [0.2, 0.25) is 5.91 Å². The lowest BCUT2D eigenvalue weighted by molar-refractivity contribution is -0.140. The van der Waals surface area contributed by atoms with Gasteiger partial charge in [0.25, 0.3) is 10.0 Å². The third kappa shape index (κ3) is 3.26. The van der Waals surface area contributed by atoms with E-state index < -0.39 is 10.0 Å². The van der Waals surface area contributed by atoms with E-state index in [9.17, 15) is 13.2 Å². The largest absolute Gasteiger partial charge is 0.326 e. The van der Waals surface area contributed by atoms with Gasteiger partial charge in [0, 0.05) is 12.2 Å². The van der Waals surface area contributed by atoms with Gasteiger partial charge in [-0.1, -0.05) is 18.2 Å². The first-order valence-corrected chi connectivity index (χ1v) is 13.4. The quantitative estimate of drug-likeness (QED) is 0.714. The summed E-state index contributed by atoms with van der Waals surface area (Å²) in [6, 6.07) is 14.3. The highest BCUT2D eigenvalue weighted by Crippen LogP contribution is 2.60. The highest BCUT2D eigenvalue weighted by Gasteiger charge is 2.54. The Morgan fingerprint density at radius 1 is 0.938 bits per heavy atom. The Morgan fingerprint density at radius 2 is 1.59 bits per heavy atom. The lowest BCUT2D eigenvalue weighted by atomic mass is 9.49. The van der Waals surface area contributed by atoms with Gasteiger partial charge in [0.05, 0.1) is 16.0 Å². The number of hydrogen-bond acceptors (Lipinski definition) is 3. The van der Waals surface area contributed by atoms with Crippen LogP contribution < -0.4 is 9.62 Å². The molecular formula is C26H30N2O3S. The predicted molar refractivity (Wildman–Crippen MR) is 125 cm³/mol. The van der Waals surface area contributed by atoms with Crippen molar-refractivity contribution in [3.8, 4) is 0 Å². The van der Waals surface area contributed by atoms with Gasteiger partial charge in [0.1, 0.15) is 0 Å². The summed E-state index contributed by atoms with van der Waals surface area (Å²) in [4.78, 5) is 13.7. The van der Waals surface area contributed by atoms with Crippen molar-refractivity contribution in [2.24, 2.45) is 23.2 Å². The van der Waals surface area contributed by atoms with Crippen molar-refractivity contribution in [3.05, 3.63) is 54.1 Å². The van der Waals surface area contributed by atoms with Gasteiger partial charge in [0.15, 0.2) is 0 Å². The molecule has 1 N–H and O–H groups in total. The molecule has 1 heterocycles. The summed E-state index contributed by atoms with van der Waals surface area (Å²) in [7, 11) is -3.60. The van der Waals surface area contributed by atoms with Crippen molar-refractivity contribution in [1.29, 1.82) is 0 Å². The molecule has 1 amide bonds. The minimum Gasteiger partial charge on any atom is -0.326 e. The molecule has 7 rings (SSSR count). The van der Waals surface area contributed by atoms with E-state index in [2.05, 4.69) is 5.32 Å². The van der Waals surface area contributed by atoms with E-state index in [4.69, 9.17) is 0 Å². The number of carbonyl (C=O) groups is 1. The van der Waals surface area contributed by atoms with Crippen LogP contribution in [0.3, 0.4) is 0 Å². The fraction of sp³-hybridized carbons (Fsp3) is 0.500. The molecule has 0 spiro atoms. The number of nitrogens with zero attached hydrogens (tertiary/aromatic N) is 1. The van der Waals surface area contributed by atoms with Gasteiger partial charge in [-0.05, 0) is 105 Å². The summed E-state index contributed by atoms with van der Waals surface area (Å²) >= 11 is 0. The summed E-state index contributed by atoms with van der Waals surface area (Å²) < 4.78 is 28.0. The van der Waals surface area contributed by atoms with E-state index in [0.717, 1.165) is 66.8 Å². The maximum Gasteiger partial charge on any atom is 0.264 e. The zero-order valence-electron chi connectivity index (χ0n) is 18.3. The number of benzene rings is 2. The van der Waals surface area contributed by atoms with Crippen molar-refractivity contribution in [2.75, 3.05) is 16.2 Å². The van der Waals surface area contributed by atoms with E-state index in [-0.39, 0.29) is 11.3 Å². The molecule has 0 radical (unpaired) electrons. The monoisotopic (exact) mass is 450 g/mol. The number of nitrogens with one attached hydrogen (secondary N) is 1. The molecule has 4 saturated carbocycles. The van der Waals surface area contributed by atoms with Crippen molar-refractivity contribution in [3.63, 3.8) is 0 Å². The van der Waals surface area contributed by atoms with Crippen LogP contribution >= 0.6 is 0 Å². The predicted octanol–water partition coefficient (Wildman–Crippen LogP) is 4.98. The zero-order chi connectivity index (χ0) is 21.9. The Bertz CT molecular complexity index is 1120. The first-order chi connectivity index (χ1) is 15.4. The molecule has 0 aromatic heterocycles. The number of hydrogen-bond donors (Lipinski definition) is 1. The van der Waals surface area contributed by atoms with Crippen LogP contribution in [0.4, 0.5) is 11.4 Å². The van der Waals surface area contributed by atoms with Crippen LogP contribution in [0.15, 0.2) is 53.4 Å². The number of rotatable bonds is 4. The SMILES string of the molecule is O=C(Nc1ccc2c(c1)CCCN2S(=O)(=O)c1ccccc1)C12CC3CC(CC(C3)C1)C2. The fourth-order valence-electron chi connectivity index (χ4n) is 7.26. The smallest absolute Gasteiger partial charge is 0.264 e. The molecule has 4 bridgehead atoms. The van der Waals surface area contributed by atoms with Crippen LogP contribution in [-0.4, -0.2) is 20.9 Å². The van der Waals surface area contributed by atoms with Crippen molar-refractivity contribution < 1.29 is 13.2 Å². The van der Waals surface area contributed by atoms with Crippen LogP contribution in [0.1, 0.15) is 50.5 Å². The van der Waals surface area contributed by atoms with Crippen molar-refractivity contribution >= 4 is 27.3 Å². The fourth-order valence-corrected chi connectivity index (χ4v) is 8.82. The van der Waals surface area contributed by atoms with E-state index >= 15 is 0 Å². The topological polar surface area (TPSA) is 66.5 Å². The van der Waals surface area contributed by atoms with Gasteiger partial charge in [-0.15, -0.1) is 0 Å². The highest BCUT2D eigenvalue weighted by molar-refractivity contribution is 7.92. The van der Waals surface area contributed by atoms with Gasteiger partial charge in [-0.25, -0.2) is 8.42 Å². The summed E-state index contributed by atoms with van der Waals surface area (Å²) in [5, 5.41) is 3.23. The Labute approximate surface area is 190 Å². The van der Waals surface area contributed by atoms with Crippen LogP contribution in [0.2, 0.25) is 0 Å². The summed E-state index contributed by atoms with van der Waals surface area (Å²) in [6.45, 7) is 0.475. The minimum atomic E-state index is -3.60. The van der Waals surface area contributed by atoms with Gasteiger partial charge in [-0.2, -0.15) is 0 Å². The second-order valence-corrected chi connectivity index (χ2v) is 12.4. The minimum absolute atomic E-state index is 0.182. The van der Waals surface area contributed by atoms with E-state index in [0.29, 0.717) is 11.4 Å². The molecule has 1 aliphatic heterocycles. The standard InChI is InChI=1S/C26H30N2O3S/c29-25(26-15-18-11-19(16-26)13-20(12-18)17-26)27-22-8-9-24-21(14-22)5-4-10-28(24)32(30,31)23-6-2-1-3-7-23/h1-3,6-9,14,18-20H,4-5,10-13,15-17H2,(H,27,29). The Hall–Kier alpha value is -2.34. The lowest BCUT2D eigenvalue weighted by Gasteiger charge is -2.55. The van der Waals surface area contributed by atoms with Crippen LogP contribution in [0, 0.1) is 23.2 Å². The molecule has 0 saturated heterocycles. The molecule has 6 heteroatoms. The normalized spacial score (nSPS) is 30.8. The summed E-state index contributed by atoms with van der Waals surface area (Å²) in [5.41, 5.74) is 2.32. The Kier molecular flexibility index (Phi) is 4.65. The molecule has 5 aliphatic rings. The first-order valence-electron chi connectivity index (χ1n) is 12.0. The molecule has 2 aromatic carbocycles. The summed E-state index contributed by atoms with van der Waals surface area (Å²) in [6.07, 6.45) is 8.66. The zero-order valence-corrected chi connectivity index (χ0v) is 19.1. The number of fused-ring (bicyclic) bond motifs is 1. The van der Waals surface area contributed by atoms with Gasteiger partial charge in [-0.3, -0.25) is 9.10 Å². The van der Waals surface area contributed by atoms with Crippen LogP contribution in [-0.2, 0) is 21.2 Å². The number of amides is 1. The molecule has 0 unspecified atom stereocenters. The molecule has 0 atom stereocenters. The molecule has 168 valence electrons. The van der Waals surface area contributed by atoms with Crippen molar-refractivity contribution in [2.45, 2.75) is 56.3 Å². The van der Waals surface area contributed by atoms with Crippen LogP contribution in [0.5, 0.6) is 0 Å². The number of carbonyl (C=O) groups excluding carboxylic acids is 1. The number of anilines is 2. The van der Waals surface area contributed by atoms with Gasteiger partial charge >= 0.3 is 0 Å². The molecule has 2 aromatic rings. The van der Waals surface area contributed by atoms with E-state index in [1.165, 1.54) is 23.6 Å².